The molecule has 174 valence electrons. The van der Waals surface area contributed by atoms with Crippen molar-refractivity contribution in [2.75, 3.05) is 0 Å². The quantitative estimate of drug-likeness (QED) is 0.124. The molecule has 0 spiro atoms. The summed E-state index contributed by atoms with van der Waals surface area (Å²) < 4.78 is 0. The van der Waals surface area contributed by atoms with Gasteiger partial charge in [0.2, 0.25) is 0 Å². The second-order valence-corrected chi connectivity index (χ2v) is 9.29. The summed E-state index contributed by atoms with van der Waals surface area (Å²) in [5.41, 5.74) is 0. The first-order valence-electron chi connectivity index (χ1n) is 13.6. The lowest BCUT2D eigenvalue weighted by molar-refractivity contribution is 0.147. The van der Waals surface area contributed by atoms with E-state index < -0.39 is 0 Å². The molecule has 0 fully saturated rings. The van der Waals surface area contributed by atoms with Crippen molar-refractivity contribution >= 4 is 0 Å². The number of hydrogen-bond acceptors (Lipinski definition) is 1. The molecule has 1 heteroatoms. The Morgan fingerprint density at radius 2 is 0.759 bits per heavy atom. The number of allylic oxidation sites excluding steroid dienone is 2. The van der Waals surface area contributed by atoms with Crippen molar-refractivity contribution in [3.63, 3.8) is 0 Å². The summed E-state index contributed by atoms with van der Waals surface area (Å²) in [5.74, 6) is 0. The van der Waals surface area contributed by atoms with Gasteiger partial charge in [0.1, 0.15) is 0 Å². The number of aliphatic hydroxyl groups is 1. The molecule has 1 N–H and O–H groups in total. The van der Waals surface area contributed by atoms with Crippen molar-refractivity contribution in [3.8, 4) is 0 Å². The Hall–Kier alpha value is -0.300. The monoisotopic (exact) mass is 408 g/mol. The third-order valence-electron chi connectivity index (χ3n) is 6.19. The molecule has 0 saturated carbocycles. The van der Waals surface area contributed by atoms with Crippen LogP contribution in [-0.2, 0) is 0 Å². The van der Waals surface area contributed by atoms with E-state index in [1.54, 1.807) is 0 Å². The van der Waals surface area contributed by atoms with E-state index in [9.17, 15) is 5.11 Å². The molecule has 0 unspecified atom stereocenters. The fourth-order valence-corrected chi connectivity index (χ4v) is 4.11. The van der Waals surface area contributed by atoms with Crippen LogP contribution in [0.4, 0.5) is 0 Å². The Labute approximate surface area is 185 Å². The van der Waals surface area contributed by atoms with E-state index in [1.807, 2.05) is 0 Å². The van der Waals surface area contributed by atoms with Crippen molar-refractivity contribution in [3.05, 3.63) is 12.2 Å². The summed E-state index contributed by atoms with van der Waals surface area (Å²) in [5, 5.41) is 10.1. The van der Waals surface area contributed by atoms with E-state index in [1.165, 1.54) is 135 Å². The highest BCUT2D eigenvalue weighted by Crippen LogP contribution is 2.15. The summed E-state index contributed by atoms with van der Waals surface area (Å²) in [4.78, 5) is 0. The molecule has 0 heterocycles. The Kier molecular flexibility index (Phi) is 25.5. The lowest BCUT2D eigenvalue weighted by atomic mass is 10.0. The zero-order chi connectivity index (χ0) is 21.3. The summed E-state index contributed by atoms with van der Waals surface area (Å²) >= 11 is 0. The van der Waals surface area contributed by atoms with Crippen LogP contribution in [0.15, 0.2) is 12.2 Å². The number of hydrogen-bond donors (Lipinski definition) is 1. The lowest BCUT2D eigenvalue weighted by Gasteiger charge is -2.10. The first kappa shape index (κ1) is 28.7. The SMILES string of the molecule is CCCCCC/C=C\CCCCCCCCCC[C@@H](O)CCCCCCCCC. The number of aliphatic hydroxyl groups excluding tert-OH is 1. The highest BCUT2D eigenvalue weighted by Gasteiger charge is 2.03. The predicted octanol–water partition coefficient (Wildman–Crippen LogP) is 9.92. The van der Waals surface area contributed by atoms with Crippen molar-refractivity contribution < 1.29 is 5.11 Å². The summed E-state index contributed by atoms with van der Waals surface area (Å²) in [7, 11) is 0. The standard InChI is InChI=1S/C28H56O/c1-3-5-7-9-11-12-13-14-15-16-17-18-19-21-23-25-27-28(29)26-24-22-20-10-8-6-4-2/h12-13,28-29H,3-11,14-27H2,1-2H3/b13-12-/t28-/m0/s1. The van der Waals surface area contributed by atoms with Gasteiger partial charge < -0.3 is 5.11 Å². The maximum absolute atomic E-state index is 10.1. The first-order valence-corrected chi connectivity index (χ1v) is 13.6. The summed E-state index contributed by atoms with van der Waals surface area (Å²) in [6.45, 7) is 4.55. The van der Waals surface area contributed by atoms with Crippen LogP contribution in [0.2, 0.25) is 0 Å². The Morgan fingerprint density at radius 1 is 0.448 bits per heavy atom. The number of rotatable bonds is 24. The maximum Gasteiger partial charge on any atom is 0.0540 e. The van der Waals surface area contributed by atoms with E-state index in [0.29, 0.717) is 0 Å². The fourth-order valence-electron chi connectivity index (χ4n) is 4.11. The van der Waals surface area contributed by atoms with Crippen LogP contribution in [-0.4, -0.2) is 11.2 Å². The van der Waals surface area contributed by atoms with Crippen molar-refractivity contribution in [1.82, 2.24) is 0 Å². The van der Waals surface area contributed by atoms with E-state index in [4.69, 9.17) is 0 Å². The topological polar surface area (TPSA) is 20.2 Å². The third-order valence-corrected chi connectivity index (χ3v) is 6.19. The van der Waals surface area contributed by atoms with Crippen molar-refractivity contribution in [2.24, 2.45) is 0 Å². The molecule has 0 aromatic heterocycles. The van der Waals surface area contributed by atoms with Crippen molar-refractivity contribution in [1.29, 1.82) is 0 Å². The zero-order valence-corrected chi connectivity index (χ0v) is 20.4. The van der Waals surface area contributed by atoms with Gasteiger partial charge in [-0.3, -0.25) is 0 Å². The van der Waals surface area contributed by atoms with Crippen LogP contribution in [0.3, 0.4) is 0 Å². The molecule has 0 amide bonds. The molecule has 0 aromatic rings. The van der Waals surface area contributed by atoms with Gasteiger partial charge in [-0.15, -0.1) is 0 Å². The smallest absolute Gasteiger partial charge is 0.0540 e. The molecule has 29 heavy (non-hydrogen) atoms. The van der Waals surface area contributed by atoms with Crippen LogP contribution in [0.25, 0.3) is 0 Å². The Bertz CT molecular complexity index is 309. The van der Waals surface area contributed by atoms with Gasteiger partial charge in [-0.1, -0.05) is 135 Å². The molecule has 0 aliphatic heterocycles. The molecule has 0 aromatic carbocycles. The molecule has 1 atom stereocenters. The molecule has 0 aliphatic carbocycles. The largest absolute Gasteiger partial charge is 0.393 e. The minimum Gasteiger partial charge on any atom is -0.393 e. The van der Waals surface area contributed by atoms with Crippen LogP contribution < -0.4 is 0 Å². The van der Waals surface area contributed by atoms with Gasteiger partial charge in [-0.25, -0.2) is 0 Å². The highest BCUT2D eigenvalue weighted by atomic mass is 16.3. The molecule has 0 saturated heterocycles. The molecular weight excluding hydrogens is 352 g/mol. The molecule has 0 aliphatic rings. The van der Waals surface area contributed by atoms with Crippen molar-refractivity contribution in [2.45, 2.75) is 168 Å². The van der Waals surface area contributed by atoms with Gasteiger partial charge >= 0.3 is 0 Å². The third kappa shape index (κ3) is 25.7. The fraction of sp³-hybridized carbons (Fsp3) is 0.929. The van der Waals surface area contributed by atoms with Crippen LogP contribution in [0.1, 0.15) is 162 Å². The van der Waals surface area contributed by atoms with Gasteiger partial charge in [0, 0.05) is 0 Å². The second-order valence-electron chi connectivity index (χ2n) is 9.29. The highest BCUT2D eigenvalue weighted by molar-refractivity contribution is 4.81. The average Bonchev–Trinajstić information content (AvgIpc) is 2.72. The molecule has 0 rings (SSSR count). The minimum absolute atomic E-state index is 0.0367. The van der Waals surface area contributed by atoms with E-state index in [0.717, 1.165) is 12.8 Å². The van der Waals surface area contributed by atoms with E-state index >= 15 is 0 Å². The van der Waals surface area contributed by atoms with Crippen LogP contribution >= 0.6 is 0 Å². The predicted molar refractivity (Wildman–Crippen MR) is 133 cm³/mol. The Morgan fingerprint density at radius 3 is 1.17 bits per heavy atom. The minimum atomic E-state index is -0.0367. The first-order chi connectivity index (χ1) is 14.3. The van der Waals surface area contributed by atoms with Gasteiger partial charge in [-0.2, -0.15) is 0 Å². The molecule has 1 nitrogen and oxygen atoms in total. The summed E-state index contributed by atoms with van der Waals surface area (Å²) in [6, 6.07) is 0. The van der Waals surface area contributed by atoms with Gasteiger partial charge in [0.05, 0.1) is 6.10 Å². The lowest BCUT2D eigenvalue weighted by Crippen LogP contribution is -2.05. The molecule has 0 radical (unpaired) electrons. The normalized spacial score (nSPS) is 12.8. The van der Waals surface area contributed by atoms with Gasteiger partial charge in [0.25, 0.3) is 0 Å². The van der Waals surface area contributed by atoms with E-state index in [2.05, 4.69) is 26.0 Å². The van der Waals surface area contributed by atoms with Crippen LogP contribution in [0, 0.1) is 0 Å². The Balaban J connectivity index is 3.16. The average molecular weight is 409 g/mol. The second kappa shape index (κ2) is 25.7. The van der Waals surface area contributed by atoms with E-state index in [-0.39, 0.29) is 6.10 Å². The molecular formula is C28H56O. The van der Waals surface area contributed by atoms with Gasteiger partial charge in [-0.05, 0) is 38.5 Å². The zero-order valence-electron chi connectivity index (χ0n) is 20.4. The van der Waals surface area contributed by atoms with Crippen LogP contribution in [0.5, 0.6) is 0 Å². The molecule has 0 bridgehead atoms. The number of unbranched alkanes of at least 4 members (excludes halogenated alkanes) is 18. The van der Waals surface area contributed by atoms with Gasteiger partial charge in [0.15, 0.2) is 0 Å². The maximum atomic E-state index is 10.1. The summed E-state index contributed by atoms with van der Waals surface area (Å²) in [6.07, 6.45) is 35.2.